The van der Waals surface area contributed by atoms with E-state index >= 15 is 0 Å². The molecule has 0 saturated heterocycles. The third-order valence-electron chi connectivity index (χ3n) is 4.03. The van der Waals surface area contributed by atoms with Crippen LogP contribution < -0.4 is 0 Å². The van der Waals surface area contributed by atoms with Crippen molar-refractivity contribution in [2.75, 3.05) is 0 Å². The summed E-state index contributed by atoms with van der Waals surface area (Å²) < 4.78 is 2.16. The summed E-state index contributed by atoms with van der Waals surface area (Å²) in [5.74, 6) is 1.51. The van der Waals surface area contributed by atoms with E-state index < -0.39 is 4.92 Å². The minimum absolute atomic E-state index is 0.0626. The lowest BCUT2D eigenvalue weighted by Gasteiger charge is -2.08. The third-order valence-corrected chi connectivity index (χ3v) is 5.06. The summed E-state index contributed by atoms with van der Waals surface area (Å²) in [5, 5.41) is 29.5. The van der Waals surface area contributed by atoms with Crippen molar-refractivity contribution in [3.8, 4) is 6.07 Å². The van der Waals surface area contributed by atoms with Gasteiger partial charge in [-0.3, -0.25) is 10.1 Å². The molecule has 1 aromatic carbocycles. The number of aromatic nitrogens is 3. The predicted molar refractivity (Wildman–Crippen MR) is 82.2 cm³/mol. The molecule has 1 aromatic heterocycles. The quantitative estimate of drug-likeness (QED) is 0.616. The molecule has 23 heavy (non-hydrogen) atoms. The Hall–Kier alpha value is -2.40. The second kappa shape index (κ2) is 5.35. The summed E-state index contributed by atoms with van der Waals surface area (Å²) in [5.41, 5.74) is 0.218. The first-order valence-corrected chi connectivity index (χ1v) is 8.30. The van der Waals surface area contributed by atoms with Crippen molar-refractivity contribution < 1.29 is 4.92 Å². The maximum atomic E-state index is 11.3. The van der Waals surface area contributed by atoms with Gasteiger partial charge in [0.05, 0.1) is 21.5 Å². The number of hydrogen-bond acceptors (Lipinski definition) is 6. The summed E-state index contributed by atoms with van der Waals surface area (Å²) in [7, 11) is 0. The van der Waals surface area contributed by atoms with Crippen LogP contribution in [0.5, 0.6) is 0 Å². The van der Waals surface area contributed by atoms with Crippen molar-refractivity contribution in [2.45, 2.75) is 47.7 Å². The van der Waals surface area contributed by atoms with E-state index in [2.05, 4.69) is 14.8 Å². The molecule has 116 valence electrons. The second-order valence-corrected chi connectivity index (χ2v) is 6.88. The summed E-state index contributed by atoms with van der Waals surface area (Å²) in [6.07, 6.45) is 4.51. The topological polar surface area (TPSA) is 97.6 Å². The number of nitriles is 1. The average Bonchev–Trinajstić information content (AvgIpc) is 3.47. The van der Waals surface area contributed by atoms with Gasteiger partial charge in [0.15, 0.2) is 5.16 Å². The fourth-order valence-electron chi connectivity index (χ4n) is 2.57. The molecule has 0 spiro atoms. The molecule has 0 radical (unpaired) electrons. The zero-order valence-electron chi connectivity index (χ0n) is 12.2. The lowest BCUT2D eigenvalue weighted by Crippen LogP contribution is -2.02. The highest BCUT2D eigenvalue weighted by atomic mass is 32.2. The Kier molecular flexibility index (Phi) is 3.31. The Morgan fingerprint density at radius 2 is 2.09 bits per heavy atom. The van der Waals surface area contributed by atoms with Crippen molar-refractivity contribution >= 4 is 17.4 Å². The minimum atomic E-state index is -0.456. The van der Waals surface area contributed by atoms with Crippen LogP contribution in [-0.4, -0.2) is 19.7 Å². The Morgan fingerprint density at radius 3 is 2.70 bits per heavy atom. The summed E-state index contributed by atoms with van der Waals surface area (Å²) in [6.45, 7) is 0. The van der Waals surface area contributed by atoms with Gasteiger partial charge in [0.2, 0.25) is 0 Å². The molecule has 2 fully saturated rings. The highest BCUT2D eigenvalue weighted by molar-refractivity contribution is 7.99. The summed E-state index contributed by atoms with van der Waals surface area (Å²) in [4.78, 5) is 11.3. The molecule has 8 heteroatoms. The molecular formula is C15H13N5O2S. The molecule has 2 aliphatic rings. The summed E-state index contributed by atoms with van der Waals surface area (Å²) >= 11 is 1.26. The van der Waals surface area contributed by atoms with Crippen LogP contribution in [0.15, 0.2) is 28.3 Å². The number of hydrogen-bond donors (Lipinski definition) is 0. The van der Waals surface area contributed by atoms with Crippen molar-refractivity contribution in [1.82, 2.24) is 14.8 Å². The van der Waals surface area contributed by atoms with Gasteiger partial charge < -0.3 is 4.57 Å². The number of nitro groups is 1. The maximum Gasteiger partial charge on any atom is 0.284 e. The van der Waals surface area contributed by atoms with Crippen molar-refractivity contribution in [3.05, 3.63) is 39.7 Å². The molecule has 0 N–H and O–H groups in total. The van der Waals surface area contributed by atoms with E-state index in [9.17, 15) is 10.1 Å². The normalized spacial score (nSPS) is 17.0. The fraction of sp³-hybridized carbons (Fsp3) is 0.400. The van der Waals surface area contributed by atoms with Crippen LogP contribution in [0.4, 0.5) is 5.69 Å². The van der Waals surface area contributed by atoms with Gasteiger partial charge in [-0.1, -0.05) is 0 Å². The van der Waals surface area contributed by atoms with Crippen LogP contribution in [0, 0.1) is 21.4 Å². The lowest BCUT2D eigenvalue weighted by atomic mass is 10.2. The zero-order valence-corrected chi connectivity index (χ0v) is 13.0. The van der Waals surface area contributed by atoms with Crippen molar-refractivity contribution in [1.29, 1.82) is 5.26 Å². The van der Waals surface area contributed by atoms with Crippen LogP contribution in [0.25, 0.3) is 0 Å². The molecule has 7 nitrogen and oxygen atoms in total. The Labute approximate surface area is 136 Å². The average molecular weight is 327 g/mol. The Bertz CT molecular complexity index is 833. The number of nitrogens with zero attached hydrogens (tertiary/aromatic N) is 5. The number of nitro benzene ring substituents is 1. The highest BCUT2D eigenvalue weighted by Gasteiger charge is 2.36. The van der Waals surface area contributed by atoms with E-state index in [-0.39, 0.29) is 11.3 Å². The molecule has 0 aliphatic heterocycles. The minimum Gasteiger partial charge on any atom is -0.302 e. The molecule has 0 amide bonds. The van der Waals surface area contributed by atoms with E-state index in [4.69, 9.17) is 5.26 Å². The van der Waals surface area contributed by atoms with Gasteiger partial charge in [0.25, 0.3) is 5.69 Å². The van der Waals surface area contributed by atoms with Gasteiger partial charge >= 0.3 is 0 Å². The molecule has 2 saturated carbocycles. The maximum absolute atomic E-state index is 11.3. The van der Waals surface area contributed by atoms with Gasteiger partial charge in [-0.2, -0.15) is 5.26 Å². The summed E-state index contributed by atoms with van der Waals surface area (Å²) in [6, 6.07) is 6.88. The molecule has 4 rings (SSSR count). The van der Waals surface area contributed by atoms with Crippen LogP contribution in [0.3, 0.4) is 0 Å². The Balaban J connectivity index is 1.71. The first kappa shape index (κ1) is 14.2. The third kappa shape index (κ3) is 2.68. The van der Waals surface area contributed by atoms with Crippen LogP contribution in [-0.2, 0) is 0 Å². The van der Waals surface area contributed by atoms with Crippen LogP contribution >= 0.6 is 11.8 Å². The molecular weight excluding hydrogens is 314 g/mol. The first-order valence-electron chi connectivity index (χ1n) is 7.48. The lowest BCUT2D eigenvalue weighted by molar-refractivity contribution is -0.387. The van der Waals surface area contributed by atoms with E-state index in [1.807, 2.05) is 6.07 Å². The first-order chi connectivity index (χ1) is 11.2. The van der Waals surface area contributed by atoms with E-state index in [0.29, 0.717) is 22.0 Å². The molecule has 2 aliphatic carbocycles. The smallest absolute Gasteiger partial charge is 0.284 e. The zero-order chi connectivity index (χ0) is 16.0. The van der Waals surface area contributed by atoms with Gasteiger partial charge in [-0.25, -0.2) is 0 Å². The molecule has 1 heterocycles. The molecule has 0 atom stereocenters. The van der Waals surface area contributed by atoms with E-state index in [1.54, 1.807) is 12.1 Å². The molecule has 2 aromatic rings. The van der Waals surface area contributed by atoms with Crippen molar-refractivity contribution in [2.24, 2.45) is 0 Å². The van der Waals surface area contributed by atoms with Crippen LogP contribution in [0.1, 0.15) is 49.0 Å². The number of rotatable bonds is 5. The monoisotopic (exact) mass is 327 g/mol. The largest absolute Gasteiger partial charge is 0.302 e. The number of benzene rings is 1. The molecule has 0 bridgehead atoms. The Morgan fingerprint density at radius 1 is 1.30 bits per heavy atom. The second-order valence-electron chi connectivity index (χ2n) is 5.87. The van der Waals surface area contributed by atoms with Gasteiger partial charge in [0, 0.05) is 18.0 Å². The molecule has 0 unspecified atom stereocenters. The van der Waals surface area contributed by atoms with E-state index in [0.717, 1.165) is 31.5 Å². The van der Waals surface area contributed by atoms with Gasteiger partial charge in [-0.15, -0.1) is 10.2 Å². The van der Waals surface area contributed by atoms with E-state index in [1.165, 1.54) is 17.8 Å². The van der Waals surface area contributed by atoms with Gasteiger partial charge in [-0.05, 0) is 49.6 Å². The highest BCUT2D eigenvalue weighted by Crippen LogP contribution is 2.47. The van der Waals surface area contributed by atoms with Crippen LogP contribution in [0.2, 0.25) is 0 Å². The van der Waals surface area contributed by atoms with Gasteiger partial charge in [0.1, 0.15) is 5.82 Å². The fourth-order valence-corrected chi connectivity index (χ4v) is 3.56. The standard InChI is InChI=1S/C15H13N5O2S/c16-8-9-1-6-13(12(7-9)20(21)22)23-15-18-17-14(10-2-3-10)19(15)11-4-5-11/h1,6-7,10-11H,2-5H2. The van der Waals surface area contributed by atoms with Crippen molar-refractivity contribution in [3.63, 3.8) is 0 Å². The predicted octanol–water partition coefficient (Wildman–Crippen LogP) is 3.42. The SMILES string of the molecule is N#Cc1ccc(Sc2nnc(C3CC3)n2C2CC2)c([N+](=O)[O-])c1.